The van der Waals surface area contributed by atoms with Gasteiger partial charge in [0, 0.05) is 11.0 Å². The molecule has 0 aliphatic heterocycles. The van der Waals surface area contributed by atoms with Crippen molar-refractivity contribution in [1.82, 2.24) is 9.55 Å². The number of halogens is 2. The third-order valence-corrected chi connectivity index (χ3v) is 4.39. The maximum Gasteiger partial charge on any atom is 0.127 e. The van der Waals surface area contributed by atoms with E-state index in [1.165, 1.54) is 5.52 Å². The largest absolute Gasteiger partial charge is 0.326 e. The minimum absolute atomic E-state index is 0.0782. The van der Waals surface area contributed by atoms with Crippen LogP contribution in [0.15, 0.2) is 22.7 Å². The fourth-order valence-corrected chi connectivity index (χ4v) is 2.63. The molecule has 0 saturated carbocycles. The van der Waals surface area contributed by atoms with Gasteiger partial charge < -0.3 is 4.57 Å². The molecule has 104 valence electrons. The van der Waals surface area contributed by atoms with Crippen LogP contribution in [-0.2, 0) is 6.54 Å². The molecule has 0 fully saturated rings. The Kier molecular flexibility index (Phi) is 4.57. The third kappa shape index (κ3) is 3.14. The predicted molar refractivity (Wildman–Crippen MR) is 85.7 cm³/mol. The molecular formula is C15H20BrClN2. The molecule has 0 aliphatic carbocycles. The summed E-state index contributed by atoms with van der Waals surface area (Å²) in [5.74, 6) is 2.20. The quantitative estimate of drug-likeness (QED) is 0.680. The molecule has 0 N–H and O–H groups in total. The molecule has 0 aliphatic rings. The zero-order valence-electron chi connectivity index (χ0n) is 11.8. The standard InChI is InChI=1S/C15H20BrClN2/c1-9(2)10(3)8-19-14-6-5-12(16)7-13(14)18-15(19)11(4)17/h5-7,9-11H,8H2,1-4H3. The first kappa shape index (κ1) is 14.9. The number of alkyl halides is 1. The highest BCUT2D eigenvalue weighted by molar-refractivity contribution is 9.10. The Labute approximate surface area is 128 Å². The molecule has 2 nitrogen and oxygen atoms in total. The van der Waals surface area contributed by atoms with E-state index in [4.69, 9.17) is 11.6 Å². The highest BCUT2D eigenvalue weighted by atomic mass is 79.9. The van der Waals surface area contributed by atoms with Gasteiger partial charge in [-0.3, -0.25) is 0 Å². The molecule has 1 aromatic carbocycles. The molecule has 2 aromatic rings. The summed E-state index contributed by atoms with van der Waals surface area (Å²) in [6.07, 6.45) is 0. The van der Waals surface area contributed by atoms with Gasteiger partial charge in [-0.1, -0.05) is 36.7 Å². The molecule has 1 heterocycles. The van der Waals surface area contributed by atoms with Gasteiger partial charge in [0.15, 0.2) is 0 Å². The Bertz CT molecular complexity index is 575. The second-order valence-corrected chi connectivity index (χ2v) is 7.12. The lowest BCUT2D eigenvalue weighted by atomic mass is 9.98. The highest BCUT2D eigenvalue weighted by Gasteiger charge is 2.18. The molecular weight excluding hydrogens is 324 g/mol. The van der Waals surface area contributed by atoms with E-state index in [-0.39, 0.29) is 5.38 Å². The molecule has 2 atom stereocenters. The Balaban J connectivity index is 2.52. The van der Waals surface area contributed by atoms with Crippen LogP contribution in [0.4, 0.5) is 0 Å². The number of hydrogen-bond donors (Lipinski definition) is 0. The van der Waals surface area contributed by atoms with Crippen molar-refractivity contribution in [3.05, 3.63) is 28.5 Å². The monoisotopic (exact) mass is 342 g/mol. The van der Waals surface area contributed by atoms with E-state index in [1.54, 1.807) is 0 Å². The van der Waals surface area contributed by atoms with Crippen molar-refractivity contribution in [2.24, 2.45) is 11.8 Å². The van der Waals surface area contributed by atoms with Crippen LogP contribution in [0.3, 0.4) is 0 Å². The lowest BCUT2D eigenvalue weighted by molar-refractivity contribution is 0.364. The lowest BCUT2D eigenvalue weighted by Gasteiger charge is -2.19. The van der Waals surface area contributed by atoms with Crippen molar-refractivity contribution in [1.29, 1.82) is 0 Å². The van der Waals surface area contributed by atoms with Gasteiger partial charge in [0.25, 0.3) is 0 Å². The Hall–Kier alpha value is -0.540. The van der Waals surface area contributed by atoms with Crippen LogP contribution in [-0.4, -0.2) is 9.55 Å². The summed E-state index contributed by atoms with van der Waals surface area (Å²) >= 11 is 9.78. The summed E-state index contributed by atoms with van der Waals surface area (Å²) in [6, 6.07) is 6.22. The molecule has 2 rings (SSSR count). The van der Waals surface area contributed by atoms with Crippen molar-refractivity contribution in [3.63, 3.8) is 0 Å². The van der Waals surface area contributed by atoms with E-state index in [0.717, 1.165) is 22.4 Å². The van der Waals surface area contributed by atoms with E-state index in [1.807, 2.05) is 6.92 Å². The van der Waals surface area contributed by atoms with Crippen molar-refractivity contribution >= 4 is 38.6 Å². The first-order valence-corrected chi connectivity index (χ1v) is 7.92. The number of benzene rings is 1. The zero-order valence-corrected chi connectivity index (χ0v) is 14.2. The first-order valence-electron chi connectivity index (χ1n) is 6.70. The summed E-state index contributed by atoms with van der Waals surface area (Å²) in [5, 5.41) is -0.0782. The van der Waals surface area contributed by atoms with Gasteiger partial charge in [-0.25, -0.2) is 4.98 Å². The lowest BCUT2D eigenvalue weighted by Crippen LogP contribution is -2.15. The van der Waals surface area contributed by atoms with Gasteiger partial charge in [-0.05, 0) is 37.0 Å². The average Bonchev–Trinajstić information content (AvgIpc) is 2.67. The van der Waals surface area contributed by atoms with Crippen LogP contribution in [0.1, 0.15) is 38.9 Å². The molecule has 2 unspecified atom stereocenters. The number of hydrogen-bond acceptors (Lipinski definition) is 1. The summed E-state index contributed by atoms with van der Waals surface area (Å²) < 4.78 is 3.32. The maximum absolute atomic E-state index is 6.29. The summed E-state index contributed by atoms with van der Waals surface area (Å²) in [5.41, 5.74) is 2.17. The number of aromatic nitrogens is 2. The van der Waals surface area contributed by atoms with Crippen LogP contribution < -0.4 is 0 Å². The zero-order chi connectivity index (χ0) is 14.2. The molecule has 0 radical (unpaired) electrons. The van der Waals surface area contributed by atoms with E-state index >= 15 is 0 Å². The predicted octanol–water partition coefficient (Wildman–Crippen LogP) is 5.39. The molecule has 0 saturated heterocycles. The number of nitrogens with zero attached hydrogens (tertiary/aromatic N) is 2. The van der Waals surface area contributed by atoms with Crippen molar-refractivity contribution < 1.29 is 0 Å². The van der Waals surface area contributed by atoms with E-state index in [2.05, 4.69) is 64.5 Å². The minimum atomic E-state index is -0.0782. The Morgan fingerprint density at radius 2 is 1.95 bits per heavy atom. The molecule has 4 heteroatoms. The minimum Gasteiger partial charge on any atom is -0.326 e. The second kappa shape index (κ2) is 5.84. The van der Waals surface area contributed by atoms with Gasteiger partial charge in [0.2, 0.25) is 0 Å². The van der Waals surface area contributed by atoms with Gasteiger partial charge in [0.05, 0.1) is 16.4 Å². The average molecular weight is 344 g/mol. The summed E-state index contributed by atoms with van der Waals surface area (Å²) in [7, 11) is 0. The van der Waals surface area contributed by atoms with Crippen LogP contribution >= 0.6 is 27.5 Å². The molecule has 19 heavy (non-hydrogen) atoms. The van der Waals surface area contributed by atoms with Crippen molar-refractivity contribution in [2.45, 2.75) is 39.6 Å². The highest BCUT2D eigenvalue weighted by Crippen LogP contribution is 2.28. The normalized spacial score (nSPS) is 15.1. The second-order valence-electron chi connectivity index (χ2n) is 5.55. The smallest absolute Gasteiger partial charge is 0.127 e. The number of imidazole rings is 1. The fraction of sp³-hybridized carbons (Fsp3) is 0.533. The first-order chi connectivity index (χ1) is 8.90. The third-order valence-electron chi connectivity index (χ3n) is 3.70. The van der Waals surface area contributed by atoms with Gasteiger partial charge >= 0.3 is 0 Å². The molecule has 0 spiro atoms. The molecule has 0 amide bonds. The topological polar surface area (TPSA) is 17.8 Å². The van der Waals surface area contributed by atoms with Crippen molar-refractivity contribution in [2.75, 3.05) is 0 Å². The van der Waals surface area contributed by atoms with Gasteiger partial charge in [0.1, 0.15) is 5.82 Å². The SMILES string of the molecule is CC(Cl)c1nc2cc(Br)ccc2n1CC(C)C(C)C. The van der Waals surface area contributed by atoms with E-state index in [9.17, 15) is 0 Å². The summed E-state index contributed by atoms with van der Waals surface area (Å²) in [4.78, 5) is 4.69. The summed E-state index contributed by atoms with van der Waals surface area (Å²) in [6.45, 7) is 9.73. The van der Waals surface area contributed by atoms with Gasteiger partial charge in [-0.2, -0.15) is 0 Å². The number of rotatable bonds is 4. The van der Waals surface area contributed by atoms with E-state index in [0.29, 0.717) is 11.8 Å². The Morgan fingerprint density at radius 1 is 1.26 bits per heavy atom. The van der Waals surface area contributed by atoms with Crippen LogP contribution in [0.25, 0.3) is 11.0 Å². The van der Waals surface area contributed by atoms with Gasteiger partial charge in [-0.15, -0.1) is 11.6 Å². The maximum atomic E-state index is 6.29. The van der Waals surface area contributed by atoms with Crippen LogP contribution in [0.5, 0.6) is 0 Å². The van der Waals surface area contributed by atoms with Crippen LogP contribution in [0, 0.1) is 11.8 Å². The number of fused-ring (bicyclic) bond motifs is 1. The Morgan fingerprint density at radius 3 is 2.53 bits per heavy atom. The van der Waals surface area contributed by atoms with Crippen molar-refractivity contribution in [3.8, 4) is 0 Å². The van der Waals surface area contributed by atoms with Crippen LogP contribution in [0.2, 0.25) is 0 Å². The molecule has 1 aromatic heterocycles. The fourth-order valence-electron chi connectivity index (χ4n) is 2.12. The molecule has 0 bridgehead atoms. The van der Waals surface area contributed by atoms with E-state index < -0.39 is 0 Å².